The molecule has 0 aliphatic carbocycles. The first-order valence-electron chi connectivity index (χ1n) is 9.71. The van der Waals surface area contributed by atoms with E-state index in [2.05, 4.69) is 56.7 Å². The van der Waals surface area contributed by atoms with Crippen LogP contribution >= 0.6 is 0 Å². The third-order valence-electron chi connectivity index (χ3n) is 4.88. The molecule has 150 valence electrons. The number of rotatable bonds is 7. The Morgan fingerprint density at radius 3 is 2.39 bits per heavy atom. The van der Waals surface area contributed by atoms with E-state index in [0.717, 1.165) is 44.2 Å². The summed E-state index contributed by atoms with van der Waals surface area (Å²) in [6.45, 7) is 5.73. The lowest BCUT2D eigenvalue weighted by Gasteiger charge is -2.34. The molecule has 0 spiro atoms. The number of anilines is 3. The average molecular weight is 383 g/mol. The van der Waals surface area contributed by atoms with Gasteiger partial charge in [0.05, 0.1) is 5.56 Å². The molecule has 1 aliphatic rings. The molecule has 0 radical (unpaired) electrons. The minimum atomic E-state index is -0.0996. The topological polar surface area (TPSA) is 63.7 Å². The summed E-state index contributed by atoms with van der Waals surface area (Å²) in [6, 6.07) is 12.0. The van der Waals surface area contributed by atoms with Crippen LogP contribution in [0.1, 0.15) is 10.4 Å². The second-order valence-electron chi connectivity index (χ2n) is 7.45. The van der Waals surface area contributed by atoms with Crippen LogP contribution in [0.25, 0.3) is 0 Å². The van der Waals surface area contributed by atoms with Gasteiger partial charge in [0.25, 0.3) is 5.91 Å². The number of nitrogens with one attached hydrogen (secondary N) is 2. The van der Waals surface area contributed by atoms with Crippen molar-refractivity contribution >= 4 is 23.1 Å². The van der Waals surface area contributed by atoms with Crippen LogP contribution < -0.4 is 15.5 Å². The SMILES string of the molecule is CN(C)CCNC(=O)c1ccc(Nc2ccc(N3CCN(C)CC3)cc2)nc1. The molecule has 28 heavy (non-hydrogen) atoms. The van der Waals surface area contributed by atoms with Crippen LogP contribution in [0.5, 0.6) is 0 Å². The molecule has 0 unspecified atom stereocenters. The minimum absolute atomic E-state index is 0.0996. The number of hydrogen-bond acceptors (Lipinski definition) is 6. The van der Waals surface area contributed by atoms with Gasteiger partial charge in [-0.3, -0.25) is 4.79 Å². The highest BCUT2D eigenvalue weighted by molar-refractivity contribution is 5.94. The van der Waals surface area contributed by atoms with Gasteiger partial charge in [-0.1, -0.05) is 0 Å². The minimum Gasteiger partial charge on any atom is -0.369 e. The third kappa shape index (κ3) is 5.68. The number of nitrogens with zero attached hydrogens (tertiary/aromatic N) is 4. The molecule has 2 aromatic rings. The zero-order chi connectivity index (χ0) is 19.9. The van der Waals surface area contributed by atoms with E-state index in [0.29, 0.717) is 12.1 Å². The van der Waals surface area contributed by atoms with Crippen LogP contribution in [0.15, 0.2) is 42.6 Å². The third-order valence-corrected chi connectivity index (χ3v) is 4.88. The number of amides is 1. The summed E-state index contributed by atoms with van der Waals surface area (Å²) >= 11 is 0. The fourth-order valence-electron chi connectivity index (χ4n) is 3.07. The van der Waals surface area contributed by atoms with E-state index in [1.54, 1.807) is 12.3 Å². The number of benzene rings is 1. The van der Waals surface area contributed by atoms with E-state index in [1.807, 2.05) is 25.1 Å². The highest BCUT2D eigenvalue weighted by Crippen LogP contribution is 2.21. The molecule has 0 saturated carbocycles. The smallest absolute Gasteiger partial charge is 0.252 e. The Balaban J connectivity index is 1.53. The number of likely N-dealkylation sites (N-methyl/N-ethyl adjacent to an activating group) is 2. The first-order valence-corrected chi connectivity index (χ1v) is 9.71. The molecular formula is C21H30N6O. The standard InChI is InChI=1S/C21H30N6O/c1-25(2)11-10-22-21(28)17-4-9-20(23-16-17)24-18-5-7-19(8-6-18)27-14-12-26(3)13-15-27/h4-9,16H,10-15H2,1-3H3,(H,22,28)(H,23,24). The number of pyridine rings is 1. The van der Waals surface area contributed by atoms with Crippen LogP contribution in [0.3, 0.4) is 0 Å². The van der Waals surface area contributed by atoms with Crippen molar-refractivity contribution in [2.75, 3.05) is 70.6 Å². The van der Waals surface area contributed by atoms with E-state index in [4.69, 9.17) is 0 Å². The molecule has 1 aliphatic heterocycles. The normalized spacial score (nSPS) is 14.9. The number of carbonyl (C=O) groups is 1. The van der Waals surface area contributed by atoms with Crippen LogP contribution in [-0.4, -0.2) is 81.1 Å². The van der Waals surface area contributed by atoms with E-state index in [1.165, 1.54) is 5.69 Å². The Morgan fingerprint density at radius 2 is 1.79 bits per heavy atom. The number of aromatic nitrogens is 1. The molecule has 3 rings (SSSR count). The van der Waals surface area contributed by atoms with Crippen molar-refractivity contribution in [3.63, 3.8) is 0 Å². The lowest BCUT2D eigenvalue weighted by Crippen LogP contribution is -2.44. The first-order chi connectivity index (χ1) is 13.5. The Morgan fingerprint density at radius 1 is 1.07 bits per heavy atom. The zero-order valence-electron chi connectivity index (χ0n) is 17.0. The van der Waals surface area contributed by atoms with Crippen LogP contribution in [-0.2, 0) is 0 Å². The fourth-order valence-corrected chi connectivity index (χ4v) is 3.07. The maximum absolute atomic E-state index is 12.1. The summed E-state index contributed by atoms with van der Waals surface area (Å²) in [5.74, 6) is 0.620. The Bertz CT molecular complexity index is 751. The quantitative estimate of drug-likeness (QED) is 0.762. The second-order valence-corrected chi connectivity index (χ2v) is 7.45. The molecule has 1 aromatic heterocycles. The summed E-state index contributed by atoms with van der Waals surface area (Å²) in [5, 5.41) is 6.18. The van der Waals surface area contributed by atoms with Crippen molar-refractivity contribution in [3.05, 3.63) is 48.2 Å². The summed E-state index contributed by atoms with van der Waals surface area (Å²) in [6.07, 6.45) is 1.60. The molecule has 0 atom stereocenters. The highest BCUT2D eigenvalue weighted by Gasteiger charge is 2.14. The van der Waals surface area contributed by atoms with Crippen molar-refractivity contribution in [1.82, 2.24) is 20.1 Å². The summed E-state index contributed by atoms with van der Waals surface area (Å²) in [5.41, 5.74) is 2.79. The number of carbonyl (C=O) groups excluding carboxylic acids is 1. The van der Waals surface area contributed by atoms with E-state index >= 15 is 0 Å². The lowest BCUT2D eigenvalue weighted by molar-refractivity contribution is 0.0950. The van der Waals surface area contributed by atoms with Crippen molar-refractivity contribution in [3.8, 4) is 0 Å². The average Bonchev–Trinajstić information content (AvgIpc) is 2.69. The van der Waals surface area contributed by atoms with E-state index < -0.39 is 0 Å². The van der Waals surface area contributed by atoms with Crippen LogP contribution in [0, 0.1) is 0 Å². The molecule has 1 aromatic carbocycles. The Hall–Kier alpha value is -2.64. The maximum atomic E-state index is 12.1. The van der Waals surface area contributed by atoms with Gasteiger partial charge in [0.15, 0.2) is 0 Å². The second kappa shape index (κ2) is 9.52. The molecular weight excluding hydrogens is 352 g/mol. The summed E-state index contributed by atoms with van der Waals surface area (Å²) in [4.78, 5) is 23.3. The molecule has 2 heterocycles. The van der Waals surface area contributed by atoms with Gasteiger partial charge in [-0.05, 0) is 57.5 Å². The molecule has 0 bridgehead atoms. The number of hydrogen-bond donors (Lipinski definition) is 2. The molecule has 1 saturated heterocycles. The monoisotopic (exact) mass is 382 g/mol. The van der Waals surface area contributed by atoms with Gasteiger partial charge < -0.3 is 25.3 Å². The van der Waals surface area contributed by atoms with Gasteiger partial charge in [-0.25, -0.2) is 4.98 Å². The largest absolute Gasteiger partial charge is 0.369 e. The first kappa shape index (κ1) is 20.1. The highest BCUT2D eigenvalue weighted by atomic mass is 16.1. The Kier molecular flexibility index (Phi) is 6.84. The molecule has 1 amide bonds. The van der Waals surface area contributed by atoms with E-state index in [9.17, 15) is 4.79 Å². The van der Waals surface area contributed by atoms with Crippen molar-refractivity contribution in [1.29, 1.82) is 0 Å². The van der Waals surface area contributed by atoms with Crippen LogP contribution in [0.4, 0.5) is 17.2 Å². The molecule has 7 heteroatoms. The number of piperazine rings is 1. The van der Waals surface area contributed by atoms with Gasteiger partial charge >= 0.3 is 0 Å². The fraction of sp³-hybridized carbons (Fsp3) is 0.429. The molecule has 2 N–H and O–H groups in total. The predicted octanol–water partition coefficient (Wildman–Crippen LogP) is 1.87. The van der Waals surface area contributed by atoms with Gasteiger partial charge in [0, 0.05) is 56.8 Å². The van der Waals surface area contributed by atoms with Crippen molar-refractivity contribution in [2.45, 2.75) is 0 Å². The Labute approximate surface area is 167 Å². The van der Waals surface area contributed by atoms with Gasteiger partial charge in [-0.2, -0.15) is 0 Å². The van der Waals surface area contributed by atoms with Gasteiger partial charge in [0.2, 0.25) is 0 Å². The van der Waals surface area contributed by atoms with Crippen molar-refractivity contribution < 1.29 is 4.79 Å². The van der Waals surface area contributed by atoms with Crippen LogP contribution in [0.2, 0.25) is 0 Å². The van der Waals surface area contributed by atoms with Gasteiger partial charge in [-0.15, -0.1) is 0 Å². The molecule has 7 nitrogen and oxygen atoms in total. The summed E-state index contributed by atoms with van der Waals surface area (Å²) in [7, 11) is 6.12. The lowest BCUT2D eigenvalue weighted by atomic mass is 10.2. The van der Waals surface area contributed by atoms with Gasteiger partial charge in [0.1, 0.15) is 5.82 Å². The molecule has 1 fully saturated rings. The predicted molar refractivity (Wildman–Crippen MR) is 115 cm³/mol. The zero-order valence-corrected chi connectivity index (χ0v) is 17.0. The van der Waals surface area contributed by atoms with Crippen molar-refractivity contribution in [2.24, 2.45) is 0 Å². The van der Waals surface area contributed by atoms with E-state index in [-0.39, 0.29) is 5.91 Å². The summed E-state index contributed by atoms with van der Waals surface area (Å²) < 4.78 is 0. The maximum Gasteiger partial charge on any atom is 0.252 e.